The van der Waals surface area contributed by atoms with Gasteiger partial charge in [0.2, 0.25) is 23.6 Å². The number of aliphatic carboxylic acids is 1. The van der Waals surface area contributed by atoms with Crippen molar-refractivity contribution in [1.29, 1.82) is 0 Å². The molecule has 0 aliphatic carbocycles. The van der Waals surface area contributed by atoms with Crippen molar-refractivity contribution in [2.24, 2.45) is 11.5 Å². The molecular formula is C16H29N5O6S3. The molecule has 0 bridgehead atoms. The number of carboxylic acid groups (broad SMARTS) is 1. The molecule has 0 aliphatic rings. The molecule has 8 N–H and O–H groups in total. The Morgan fingerprint density at radius 3 is 1.90 bits per heavy atom. The van der Waals surface area contributed by atoms with Gasteiger partial charge in [-0.1, -0.05) is 0 Å². The first-order chi connectivity index (χ1) is 14.1. The summed E-state index contributed by atoms with van der Waals surface area (Å²) in [7, 11) is 0. The summed E-state index contributed by atoms with van der Waals surface area (Å²) in [6.07, 6.45) is 1.70. The highest BCUT2D eigenvalue weighted by Crippen LogP contribution is 2.04. The van der Waals surface area contributed by atoms with Crippen LogP contribution < -0.4 is 27.4 Å². The Labute approximate surface area is 190 Å². The number of hydrogen-bond acceptors (Lipinski definition) is 9. The van der Waals surface area contributed by atoms with E-state index in [2.05, 4.69) is 41.2 Å². The SMILES string of the molecule is CSCCC(NC(=O)C(CS)NC(=O)C(CCC(N)=O)NC(=O)C(N)CS)C(=O)O. The molecule has 0 aliphatic heterocycles. The number of carbonyl (C=O) groups excluding carboxylic acids is 4. The van der Waals surface area contributed by atoms with Crippen LogP contribution in [0, 0.1) is 0 Å². The van der Waals surface area contributed by atoms with Crippen LogP contribution in [0.25, 0.3) is 0 Å². The number of thioether (sulfide) groups is 1. The molecule has 0 spiro atoms. The average Bonchev–Trinajstić information content (AvgIpc) is 2.70. The van der Waals surface area contributed by atoms with E-state index in [1.54, 1.807) is 6.26 Å². The summed E-state index contributed by atoms with van der Waals surface area (Å²) in [5, 5.41) is 16.4. The lowest BCUT2D eigenvalue weighted by Gasteiger charge is -2.24. The van der Waals surface area contributed by atoms with Gasteiger partial charge in [-0.3, -0.25) is 19.2 Å². The maximum absolute atomic E-state index is 12.6. The third-order valence-electron chi connectivity index (χ3n) is 3.89. The van der Waals surface area contributed by atoms with Gasteiger partial charge in [-0.05, 0) is 24.9 Å². The van der Waals surface area contributed by atoms with Crippen molar-refractivity contribution in [2.75, 3.05) is 23.5 Å². The molecule has 0 aromatic carbocycles. The van der Waals surface area contributed by atoms with Crippen molar-refractivity contribution in [3.63, 3.8) is 0 Å². The van der Waals surface area contributed by atoms with Crippen molar-refractivity contribution >= 4 is 66.6 Å². The standard InChI is InChI=1S/C16H29N5O6S3/c1-30-5-4-10(16(26)27)20-15(25)11(7-29)21-14(24)9(2-3-12(18)22)19-13(23)8(17)6-28/h8-11,28-29H,2-7,17H2,1H3,(H2,18,22)(H,19,23)(H,20,25)(H,21,24)(H,26,27). The molecule has 0 saturated carbocycles. The van der Waals surface area contributed by atoms with Gasteiger partial charge in [0.1, 0.15) is 18.1 Å². The number of carbonyl (C=O) groups is 5. The third kappa shape index (κ3) is 10.9. The summed E-state index contributed by atoms with van der Waals surface area (Å²) in [6, 6.07) is -4.45. The largest absolute Gasteiger partial charge is 0.480 e. The molecule has 4 amide bonds. The van der Waals surface area contributed by atoms with Crippen LogP contribution in [0.4, 0.5) is 0 Å². The molecule has 0 radical (unpaired) electrons. The van der Waals surface area contributed by atoms with E-state index < -0.39 is 53.8 Å². The minimum absolute atomic E-state index is 0.0320. The van der Waals surface area contributed by atoms with Gasteiger partial charge in [0, 0.05) is 17.9 Å². The molecule has 0 aromatic rings. The van der Waals surface area contributed by atoms with Crippen LogP contribution in [-0.2, 0) is 24.0 Å². The van der Waals surface area contributed by atoms with Crippen molar-refractivity contribution < 1.29 is 29.1 Å². The highest BCUT2D eigenvalue weighted by molar-refractivity contribution is 7.98. The Morgan fingerprint density at radius 1 is 0.900 bits per heavy atom. The van der Waals surface area contributed by atoms with Gasteiger partial charge < -0.3 is 32.5 Å². The van der Waals surface area contributed by atoms with Crippen molar-refractivity contribution in [3.05, 3.63) is 0 Å². The van der Waals surface area contributed by atoms with Gasteiger partial charge in [-0.15, -0.1) is 0 Å². The van der Waals surface area contributed by atoms with Crippen LogP contribution in [0.3, 0.4) is 0 Å². The van der Waals surface area contributed by atoms with E-state index in [1.807, 2.05) is 0 Å². The number of hydrogen-bond donors (Lipinski definition) is 8. The number of carboxylic acids is 1. The Bertz CT molecular complexity index is 624. The van der Waals surface area contributed by atoms with Gasteiger partial charge in [-0.2, -0.15) is 37.0 Å². The molecule has 0 heterocycles. The third-order valence-corrected chi connectivity index (χ3v) is 5.29. The van der Waals surface area contributed by atoms with E-state index in [4.69, 9.17) is 11.5 Å². The van der Waals surface area contributed by atoms with Crippen LogP contribution >= 0.6 is 37.0 Å². The second kappa shape index (κ2) is 15.2. The first-order valence-corrected chi connectivity index (χ1v) is 11.6. The lowest BCUT2D eigenvalue weighted by Crippen LogP contribution is -2.58. The molecule has 0 fully saturated rings. The first kappa shape index (κ1) is 28.4. The topological polar surface area (TPSA) is 194 Å². The molecule has 172 valence electrons. The summed E-state index contributed by atoms with van der Waals surface area (Å²) >= 11 is 9.37. The zero-order valence-corrected chi connectivity index (χ0v) is 19.1. The Kier molecular flexibility index (Phi) is 14.4. The number of amides is 4. The van der Waals surface area contributed by atoms with Crippen LogP contribution in [-0.4, -0.2) is 82.4 Å². The molecule has 11 nitrogen and oxygen atoms in total. The fraction of sp³-hybridized carbons (Fsp3) is 0.688. The minimum atomic E-state index is -1.20. The van der Waals surface area contributed by atoms with Gasteiger partial charge >= 0.3 is 5.97 Å². The first-order valence-electron chi connectivity index (χ1n) is 8.95. The second-order valence-electron chi connectivity index (χ2n) is 6.28. The zero-order chi connectivity index (χ0) is 23.3. The predicted molar refractivity (Wildman–Crippen MR) is 121 cm³/mol. The number of primary amides is 1. The van der Waals surface area contributed by atoms with E-state index in [1.165, 1.54) is 11.8 Å². The van der Waals surface area contributed by atoms with Crippen LogP contribution in [0.1, 0.15) is 19.3 Å². The molecule has 4 atom stereocenters. The van der Waals surface area contributed by atoms with Crippen LogP contribution in [0.2, 0.25) is 0 Å². The van der Waals surface area contributed by atoms with Crippen LogP contribution in [0.5, 0.6) is 0 Å². The molecule has 0 rings (SSSR count). The number of rotatable bonds is 15. The maximum atomic E-state index is 12.6. The van der Waals surface area contributed by atoms with Crippen molar-refractivity contribution in [1.82, 2.24) is 16.0 Å². The van der Waals surface area contributed by atoms with E-state index >= 15 is 0 Å². The van der Waals surface area contributed by atoms with E-state index in [0.717, 1.165) is 0 Å². The summed E-state index contributed by atoms with van der Waals surface area (Å²) in [5.41, 5.74) is 10.7. The normalized spacial score (nSPS) is 14.7. The minimum Gasteiger partial charge on any atom is -0.480 e. The summed E-state index contributed by atoms with van der Waals surface area (Å²) < 4.78 is 0. The zero-order valence-electron chi connectivity index (χ0n) is 16.5. The molecule has 14 heteroatoms. The highest BCUT2D eigenvalue weighted by atomic mass is 32.2. The second-order valence-corrected chi connectivity index (χ2v) is 8.00. The highest BCUT2D eigenvalue weighted by Gasteiger charge is 2.29. The molecule has 0 aromatic heterocycles. The fourth-order valence-electron chi connectivity index (χ4n) is 2.15. The van der Waals surface area contributed by atoms with E-state index in [0.29, 0.717) is 5.75 Å². The van der Waals surface area contributed by atoms with E-state index in [9.17, 15) is 29.1 Å². The maximum Gasteiger partial charge on any atom is 0.326 e. The molecule has 0 saturated heterocycles. The van der Waals surface area contributed by atoms with Crippen molar-refractivity contribution in [3.8, 4) is 0 Å². The van der Waals surface area contributed by atoms with Gasteiger partial charge in [-0.25, -0.2) is 4.79 Å². The summed E-state index contributed by atoms with van der Waals surface area (Å²) in [4.78, 5) is 59.4. The summed E-state index contributed by atoms with van der Waals surface area (Å²) in [5.74, 6) is -3.62. The van der Waals surface area contributed by atoms with Crippen LogP contribution in [0.15, 0.2) is 0 Å². The Morgan fingerprint density at radius 2 is 1.43 bits per heavy atom. The van der Waals surface area contributed by atoms with Crippen molar-refractivity contribution in [2.45, 2.75) is 43.4 Å². The predicted octanol–water partition coefficient (Wildman–Crippen LogP) is -2.27. The van der Waals surface area contributed by atoms with E-state index in [-0.39, 0.29) is 30.8 Å². The summed E-state index contributed by atoms with van der Waals surface area (Å²) in [6.45, 7) is 0. The molecule has 30 heavy (non-hydrogen) atoms. The number of nitrogens with one attached hydrogen (secondary N) is 3. The average molecular weight is 484 g/mol. The number of thiol groups is 2. The lowest BCUT2D eigenvalue weighted by molar-refractivity contribution is -0.142. The Hall–Kier alpha value is -1.64. The monoisotopic (exact) mass is 483 g/mol. The van der Waals surface area contributed by atoms with Gasteiger partial charge in [0.25, 0.3) is 0 Å². The molecular weight excluding hydrogens is 454 g/mol. The van der Waals surface area contributed by atoms with Gasteiger partial charge in [0.05, 0.1) is 6.04 Å². The Balaban J connectivity index is 5.19. The quantitative estimate of drug-likeness (QED) is 0.119. The smallest absolute Gasteiger partial charge is 0.326 e. The lowest BCUT2D eigenvalue weighted by atomic mass is 10.1. The number of nitrogens with two attached hydrogens (primary N) is 2. The molecule has 4 unspecified atom stereocenters. The van der Waals surface area contributed by atoms with Gasteiger partial charge in [0.15, 0.2) is 0 Å². The fourth-order valence-corrected chi connectivity index (χ4v) is 3.04.